The first-order chi connectivity index (χ1) is 8.21. The Morgan fingerprint density at radius 3 is 2.28 bits per heavy atom. The Labute approximate surface area is 110 Å². The fraction of sp³-hybridized carbons (Fsp3) is 0.500. The number of rotatable bonds is 4. The van der Waals surface area contributed by atoms with Crippen molar-refractivity contribution in [3.8, 4) is 11.5 Å². The molecule has 3 nitrogen and oxygen atoms in total. The number of carbonyl (C=O) groups is 1. The maximum Gasteiger partial charge on any atom is 0.250 e. The van der Waals surface area contributed by atoms with Crippen LogP contribution >= 0.6 is 0 Å². The number of carbonyl (C=O) groups excluding carboxylic acids is 1. The molecule has 0 aliphatic rings. The van der Waals surface area contributed by atoms with E-state index in [2.05, 4.69) is 33.9 Å². The minimum Gasteiger partial charge on any atom is -0.543 e. The molecule has 0 aliphatic heterocycles. The van der Waals surface area contributed by atoms with Crippen LogP contribution in [0.5, 0.6) is 11.5 Å². The fourth-order valence-electron chi connectivity index (χ4n) is 1.30. The molecule has 1 aromatic carbocycles. The van der Waals surface area contributed by atoms with E-state index in [9.17, 15) is 4.79 Å². The van der Waals surface area contributed by atoms with Crippen molar-refractivity contribution in [2.24, 2.45) is 0 Å². The number of methoxy groups -OCH3 is 1. The van der Waals surface area contributed by atoms with Crippen LogP contribution in [0.1, 0.15) is 31.1 Å². The van der Waals surface area contributed by atoms with Crippen LogP contribution in [0.4, 0.5) is 0 Å². The second kappa shape index (κ2) is 5.14. The molecule has 0 aromatic heterocycles. The average molecular weight is 266 g/mol. The molecule has 4 heteroatoms. The zero-order valence-electron chi connectivity index (χ0n) is 12.0. The molecule has 18 heavy (non-hydrogen) atoms. The van der Waals surface area contributed by atoms with Crippen molar-refractivity contribution in [2.45, 2.75) is 38.9 Å². The molecule has 0 amide bonds. The summed E-state index contributed by atoms with van der Waals surface area (Å²) < 4.78 is 11.3. The normalized spacial score (nSPS) is 12.1. The highest BCUT2D eigenvalue weighted by molar-refractivity contribution is 6.74. The first-order valence-electron chi connectivity index (χ1n) is 6.03. The minimum absolute atomic E-state index is 0.142. The van der Waals surface area contributed by atoms with Gasteiger partial charge in [-0.05, 0) is 30.3 Å². The van der Waals surface area contributed by atoms with Crippen molar-refractivity contribution in [3.05, 3.63) is 23.8 Å². The van der Waals surface area contributed by atoms with Crippen LogP contribution in [0.3, 0.4) is 0 Å². The van der Waals surface area contributed by atoms with E-state index < -0.39 is 8.32 Å². The highest BCUT2D eigenvalue weighted by atomic mass is 28.4. The quantitative estimate of drug-likeness (QED) is 0.612. The van der Waals surface area contributed by atoms with Gasteiger partial charge in [0.25, 0.3) is 0 Å². The van der Waals surface area contributed by atoms with Gasteiger partial charge in [0.1, 0.15) is 11.5 Å². The van der Waals surface area contributed by atoms with Crippen molar-refractivity contribution in [2.75, 3.05) is 7.11 Å². The Bertz CT molecular complexity index is 433. The first kappa shape index (κ1) is 14.8. The van der Waals surface area contributed by atoms with Gasteiger partial charge in [-0.2, -0.15) is 0 Å². The average Bonchev–Trinajstić information content (AvgIpc) is 2.26. The van der Waals surface area contributed by atoms with Crippen molar-refractivity contribution < 1.29 is 14.0 Å². The Hall–Kier alpha value is -1.29. The van der Waals surface area contributed by atoms with Crippen molar-refractivity contribution >= 4 is 14.6 Å². The number of hydrogen-bond donors (Lipinski definition) is 0. The summed E-state index contributed by atoms with van der Waals surface area (Å²) in [6.07, 6.45) is 0.787. The number of benzene rings is 1. The molecule has 1 aromatic rings. The summed E-state index contributed by atoms with van der Waals surface area (Å²) in [7, 11) is -0.299. The lowest BCUT2D eigenvalue weighted by Crippen LogP contribution is -2.43. The monoisotopic (exact) mass is 266 g/mol. The van der Waals surface area contributed by atoms with E-state index in [1.54, 1.807) is 19.2 Å². The molecular weight excluding hydrogens is 244 g/mol. The van der Waals surface area contributed by atoms with Gasteiger partial charge in [-0.3, -0.25) is 4.79 Å². The van der Waals surface area contributed by atoms with E-state index >= 15 is 0 Å². The molecule has 0 saturated carbocycles. The van der Waals surface area contributed by atoms with Gasteiger partial charge >= 0.3 is 0 Å². The lowest BCUT2D eigenvalue weighted by molar-refractivity contribution is 0.112. The highest BCUT2D eigenvalue weighted by Gasteiger charge is 2.39. The Morgan fingerprint density at radius 1 is 1.22 bits per heavy atom. The Balaban J connectivity index is 3.03. The van der Waals surface area contributed by atoms with Crippen molar-refractivity contribution in [3.63, 3.8) is 0 Å². The Morgan fingerprint density at radius 2 is 1.83 bits per heavy atom. The molecule has 0 atom stereocenters. The van der Waals surface area contributed by atoms with Crippen LogP contribution in [-0.4, -0.2) is 21.7 Å². The molecule has 0 unspecified atom stereocenters. The predicted molar refractivity (Wildman–Crippen MR) is 76.2 cm³/mol. The SMILES string of the molecule is COc1cc(O[Si](C)(C)C(C)(C)C)ccc1C=O. The molecule has 0 N–H and O–H groups in total. The molecule has 0 fully saturated rings. The van der Waals surface area contributed by atoms with Crippen molar-refractivity contribution in [1.82, 2.24) is 0 Å². The second-order valence-electron chi connectivity index (χ2n) is 5.88. The van der Waals surface area contributed by atoms with Gasteiger partial charge in [-0.1, -0.05) is 20.8 Å². The van der Waals surface area contributed by atoms with Gasteiger partial charge in [-0.25, -0.2) is 0 Å². The van der Waals surface area contributed by atoms with Crippen LogP contribution in [0.25, 0.3) is 0 Å². The van der Waals surface area contributed by atoms with Gasteiger partial charge in [0.15, 0.2) is 6.29 Å². The minimum atomic E-state index is -1.85. The number of hydrogen-bond acceptors (Lipinski definition) is 3. The summed E-state index contributed by atoms with van der Waals surface area (Å²) in [4.78, 5) is 10.8. The van der Waals surface area contributed by atoms with Crippen molar-refractivity contribution in [1.29, 1.82) is 0 Å². The van der Waals surface area contributed by atoms with Gasteiger partial charge in [0, 0.05) is 6.07 Å². The predicted octanol–water partition coefficient (Wildman–Crippen LogP) is 3.89. The van der Waals surface area contributed by atoms with E-state index in [4.69, 9.17) is 9.16 Å². The van der Waals surface area contributed by atoms with Gasteiger partial charge in [-0.15, -0.1) is 0 Å². The summed E-state index contributed by atoms with van der Waals surface area (Å²) in [5.74, 6) is 1.32. The lowest BCUT2D eigenvalue weighted by Gasteiger charge is -2.36. The lowest BCUT2D eigenvalue weighted by atomic mass is 10.2. The standard InChI is InChI=1S/C14H22O3Si/c1-14(2,3)18(5,6)17-12-8-7-11(10-15)13(9-12)16-4/h7-10H,1-6H3. The zero-order chi connectivity index (χ0) is 14.0. The topological polar surface area (TPSA) is 35.5 Å². The Kier molecular flexibility index (Phi) is 4.22. The molecule has 0 radical (unpaired) electrons. The zero-order valence-corrected chi connectivity index (χ0v) is 13.0. The third kappa shape index (κ3) is 3.13. The van der Waals surface area contributed by atoms with E-state index in [0.29, 0.717) is 11.3 Å². The third-order valence-electron chi connectivity index (χ3n) is 3.51. The van der Waals surface area contributed by atoms with Crippen LogP contribution in [-0.2, 0) is 0 Å². The maximum absolute atomic E-state index is 10.8. The summed E-state index contributed by atoms with van der Waals surface area (Å²) in [5, 5.41) is 0.142. The molecule has 0 heterocycles. The number of ether oxygens (including phenoxy) is 1. The van der Waals surface area contributed by atoms with Crippen LogP contribution in [0.15, 0.2) is 18.2 Å². The van der Waals surface area contributed by atoms with E-state index in [-0.39, 0.29) is 5.04 Å². The van der Waals surface area contributed by atoms with Gasteiger partial charge < -0.3 is 9.16 Å². The second-order valence-corrected chi connectivity index (χ2v) is 10.6. The molecular formula is C14H22O3Si. The molecule has 1 rings (SSSR count). The molecule has 0 bridgehead atoms. The van der Waals surface area contributed by atoms with E-state index in [1.165, 1.54) is 0 Å². The van der Waals surface area contributed by atoms with Crippen LogP contribution < -0.4 is 9.16 Å². The molecule has 100 valence electrons. The fourth-order valence-corrected chi connectivity index (χ4v) is 2.32. The molecule has 0 spiro atoms. The third-order valence-corrected chi connectivity index (χ3v) is 7.87. The van der Waals surface area contributed by atoms with E-state index in [1.807, 2.05) is 6.07 Å². The molecule has 0 saturated heterocycles. The highest BCUT2D eigenvalue weighted by Crippen LogP contribution is 2.38. The summed E-state index contributed by atoms with van der Waals surface area (Å²) in [5.41, 5.74) is 0.542. The van der Waals surface area contributed by atoms with Gasteiger partial charge in [0.05, 0.1) is 12.7 Å². The van der Waals surface area contributed by atoms with E-state index in [0.717, 1.165) is 12.0 Å². The summed E-state index contributed by atoms with van der Waals surface area (Å²) >= 11 is 0. The van der Waals surface area contributed by atoms with Crippen LogP contribution in [0, 0.1) is 0 Å². The smallest absolute Gasteiger partial charge is 0.250 e. The number of aldehydes is 1. The van der Waals surface area contributed by atoms with Crippen LogP contribution in [0.2, 0.25) is 18.1 Å². The maximum atomic E-state index is 10.8. The summed E-state index contributed by atoms with van der Waals surface area (Å²) in [6.45, 7) is 10.9. The molecule has 0 aliphatic carbocycles. The van der Waals surface area contributed by atoms with Gasteiger partial charge in [0.2, 0.25) is 8.32 Å². The largest absolute Gasteiger partial charge is 0.543 e. The summed E-state index contributed by atoms with van der Waals surface area (Å²) in [6, 6.07) is 5.34. The first-order valence-corrected chi connectivity index (χ1v) is 8.94.